The maximum Gasteiger partial charge on any atom is 0.271 e. The monoisotopic (exact) mass is 407 g/mol. The molecule has 2 aromatic heterocycles. The molecule has 0 bridgehead atoms. The van der Waals surface area contributed by atoms with E-state index >= 15 is 4.39 Å². The van der Waals surface area contributed by atoms with Gasteiger partial charge in [-0.2, -0.15) is 0 Å². The zero-order valence-corrected chi connectivity index (χ0v) is 16.1. The van der Waals surface area contributed by atoms with Gasteiger partial charge in [0.05, 0.1) is 30.1 Å². The number of ether oxygens (including phenoxy) is 1. The Morgan fingerprint density at radius 3 is 2.79 bits per heavy atom. The van der Waals surface area contributed by atoms with Crippen LogP contribution >= 0.6 is 11.5 Å². The van der Waals surface area contributed by atoms with Crippen LogP contribution in [0.3, 0.4) is 0 Å². The summed E-state index contributed by atoms with van der Waals surface area (Å²) in [5, 5.41) is 0.173. The molecule has 1 N–H and O–H groups in total. The van der Waals surface area contributed by atoms with Gasteiger partial charge in [0, 0.05) is 6.04 Å². The highest BCUT2D eigenvalue weighted by Crippen LogP contribution is 2.45. The summed E-state index contributed by atoms with van der Waals surface area (Å²) < 4.78 is 25.4. The SMILES string of the molecule is [C-]#[N+]c1cccc(-c2c(F)cc3c(=O)c4c(=O)[nH]sc4n(C4CC4)c3c2OC)c1. The Kier molecular flexibility index (Phi) is 3.83. The predicted molar refractivity (Wildman–Crippen MR) is 111 cm³/mol. The average molecular weight is 407 g/mol. The van der Waals surface area contributed by atoms with Crippen LogP contribution in [0.2, 0.25) is 0 Å². The second-order valence-electron chi connectivity index (χ2n) is 6.97. The number of rotatable bonds is 3. The second-order valence-corrected chi connectivity index (χ2v) is 7.76. The number of benzene rings is 2. The molecular weight excluding hydrogens is 393 g/mol. The molecular formula is C21H14FN3O3S. The molecule has 2 heterocycles. The van der Waals surface area contributed by atoms with Crippen molar-refractivity contribution in [3.63, 3.8) is 0 Å². The first-order chi connectivity index (χ1) is 14.0. The van der Waals surface area contributed by atoms with Crippen molar-refractivity contribution in [3.8, 4) is 16.9 Å². The molecule has 6 nitrogen and oxygen atoms in total. The first kappa shape index (κ1) is 17.6. The summed E-state index contributed by atoms with van der Waals surface area (Å²) in [6.45, 7) is 7.23. The zero-order chi connectivity index (χ0) is 20.3. The first-order valence-corrected chi connectivity index (χ1v) is 9.80. The number of H-pyrrole nitrogens is 1. The lowest BCUT2D eigenvalue weighted by Gasteiger charge is -2.18. The van der Waals surface area contributed by atoms with E-state index in [2.05, 4.69) is 9.22 Å². The molecule has 29 heavy (non-hydrogen) atoms. The van der Waals surface area contributed by atoms with Crippen LogP contribution in [0.4, 0.5) is 10.1 Å². The molecule has 144 valence electrons. The number of aromatic amines is 1. The van der Waals surface area contributed by atoms with Crippen LogP contribution in [-0.2, 0) is 0 Å². The predicted octanol–water partition coefficient (Wildman–Crippen LogP) is 4.60. The molecule has 1 aliphatic carbocycles. The third-order valence-electron chi connectivity index (χ3n) is 5.20. The molecule has 2 aromatic carbocycles. The summed E-state index contributed by atoms with van der Waals surface area (Å²) in [7, 11) is 1.43. The number of pyridine rings is 1. The van der Waals surface area contributed by atoms with Crippen LogP contribution in [-0.4, -0.2) is 16.1 Å². The molecule has 4 aromatic rings. The highest BCUT2D eigenvalue weighted by molar-refractivity contribution is 7.12. The van der Waals surface area contributed by atoms with E-state index in [1.807, 2.05) is 4.57 Å². The molecule has 1 fully saturated rings. The third kappa shape index (κ3) is 2.51. The minimum Gasteiger partial charge on any atom is -0.494 e. The van der Waals surface area contributed by atoms with Crippen LogP contribution in [0, 0.1) is 12.4 Å². The number of hydrogen-bond donors (Lipinski definition) is 1. The first-order valence-electron chi connectivity index (χ1n) is 8.99. The fourth-order valence-corrected chi connectivity index (χ4v) is 4.73. The normalized spacial score (nSPS) is 13.7. The number of halogens is 1. The lowest BCUT2D eigenvalue weighted by molar-refractivity contribution is 0.416. The van der Waals surface area contributed by atoms with Crippen LogP contribution in [0.15, 0.2) is 39.9 Å². The largest absolute Gasteiger partial charge is 0.494 e. The van der Waals surface area contributed by atoms with Gasteiger partial charge in [0.25, 0.3) is 5.56 Å². The Morgan fingerprint density at radius 2 is 2.10 bits per heavy atom. The number of methoxy groups -OCH3 is 1. The van der Waals surface area contributed by atoms with Gasteiger partial charge in [0.2, 0.25) is 5.43 Å². The summed E-state index contributed by atoms with van der Waals surface area (Å²) in [4.78, 5) is 29.2. The Balaban J connectivity index is 2.00. The summed E-state index contributed by atoms with van der Waals surface area (Å²) in [5.74, 6) is -0.407. The van der Waals surface area contributed by atoms with E-state index in [4.69, 9.17) is 11.3 Å². The number of nitrogens with one attached hydrogen (secondary N) is 1. The van der Waals surface area contributed by atoms with Crippen molar-refractivity contribution in [2.45, 2.75) is 18.9 Å². The standard InChI is InChI=1S/C21H14FN3O3S/c1-23-11-5-3-4-10(8-11)15-14(22)9-13-17(19(15)28-2)25(12-6-7-12)21-16(18(13)26)20(27)24-29-21/h3-5,8-9,12H,6-7H2,2H3,(H,24,27). The third-order valence-corrected chi connectivity index (χ3v) is 6.08. The zero-order valence-electron chi connectivity index (χ0n) is 15.3. The fourth-order valence-electron chi connectivity index (χ4n) is 3.81. The Hall–Kier alpha value is -3.44. The number of aromatic nitrogens is 2. The topological polar surface area (TPSA) is 68.5 Å². The van der Waals surface area contributed by atoms with Gasteiger partial charge in [-0.15, -0.1) is 0 Å². The number of nitrogens with zero attached hydrogens (tertiary/aromatic N) is 2. The van der Waals surface area contributed by atoms with E-state index in [0.717, 1.165) is 24.4 Å². The summed E-state index contributed by atoms with van der Waals surface area (Å²) in [6, 6.07) is 7.91. The highest BCUT2D eigenvalue weighted by Gasteiger charge is 2.31. The van der Waals surface area contributed by atoms with Gasteiger partial charge in [0.15, 0.2) is 11.4 Å². The minimum absolute atomic E-state index is 0.0543. The molecule has 8 heteroatoms. The van der Waals surface area contributed by atoms with Gasteiger partial charge in [-0.05, 0) is 42.1 Å². The van der Waals surface area contributed by atoms with Gasteiger partial charge < -0.3 is 9.30 Å². The Bertz CT molecular complexity index is 1470. The van der Waals surface area contributed by atoms with Crippen molar-refractivity contribution < 1.29 is 9.13 Å². The number of fused-ring (bicyclic) bond motifs is 2. The quantitative estimate of drug-likeness (QED) is 0.505. The van der Waals surface area contributed by atoms with Gasteiger partial charge in [-0.1, -0.05) is 18.2 Å². The molecule has 0 atom stereocenters. The van der Waals surface area contributed by atoms with E-state index in [9.17, 15) is 9.59 Å². The molecule has 0 radical (unpaired) electrons. The Morgan fingerprint density at radius 1 is 1.31 bits per heavy atom. The van der Waals surface area contributed by atoms with Gasteiger partial charge in [0.1, 0.15) is 16.0 Å². The Labute approximate surface area is 167 Å². The van der Waals surface area contributed by atoms with E-state index in [-0.39, 0.29) is 28.1 Å². The second kappa shape index (κ2) is 6.29. The van der Waals surface area contributed by atoms with E-state index in [0.29, 0.717) is 21.6 Å². The average Bonchev–Trinajstić information content (AvgIpc) is 3.49. The molecule has 0 saturated heterocycles. The molecule has 0 aliphatic heterocycles. The van der Waals surface area contributed by atoms with Crippen molar-refractivity contribution in [1.29, 1.82) is 0 Å². The van der Waals surface area contributed by atoms with Crippen LogP contribution in [0.25, 0.3) is 37.1 Å². The van der Waals surface area contributed by atoms with Gasteiger partial charge >= 0.3 is 0 Å². The van der Waals surface area contributed by atoms with E-state index < -0.39 is 16.8 Å². The summed E-state index contributed by atoms with van der Waals surface area (Å²) in [5.41, 5.74) is 0.580. The smallest absolute Gasteiger partial charge is 0.271 e. The van der Waals surface area contributed by atoms with Crippen LogP contribution in [0.5, 0.6) is 5.75 Å². The fraction of sp³-hybridized carbons (Fsp3) is 0.190. The van der Waals surface area contributed by atoms with Crippen molar-refractivity contribution >= 4 is 38.3 Å². The molecule has 0 amide bonds. The summed E-state index contributed by atoms with van der Waals surface area (Å²) >= 11 is 1.11. The minimum atomic E-state index is -0.637. The molecule has 0 unspecified atom stereocenters. The van der Waals surface area contributed by atoms with Crippen molar-refractivity contribution in [1.82, 2.24) is 8.94 Å². The van der Waals surface area contributed by atoms with Gasteiger partial charge in [-0.25, -0.2) is 9.24 Å². The maximum absolute atomic E-state index is 15.3. The lowest BCUT2D eigenvalue weighted by atomic mass is 9.99. The van der Waals surface area contributed by atoms with Crippen molar-refractivity contribution in [2.75, 3.05) is 7.11 Å². The van der Waals surface area contributed by atoms with Crippen LogP contribution < -0.4 is 15.7 Å². The summed E-state index contributed by atoms with van der Waals surface area (Å²) in [6.07, 6.45) is 1.81. The molecule has 5 rings (SSSR count). The van der Waals surface area contributed by atoms with E-state index in [1.165, 1.54) is 13.2 Å². The maximum atomic E-state index is 15.3. The molecule has 0 spiro atoms. The van der Waals surface area contributed by atoms with E-state index in [1.54, 1.807) is 24.3 Å². The molecule has 1 saturated carbocycles. The van der Waals surface area contributed by atoms with Crippen molar-refractivity contribution in [2.24, 2.45) is 0 Å². The van der Waals surface area contributed by atoms with Crippen molar-refractivity contribution in [3.05, 3.63) is 68.1 Å². The highest BCUT2D eigenvalue weighted by atomic mass is 32.1. The lowest BCUT2D eigenvalue weighted by Crippen LogP contribution is -2.16. The number of hydrogen-bond acceptors (Lipinski definition) is 4. The van der Waals surface area contributed by atoms with Crippen LogP contribution in [0.1, 0.15) is 18.9 Å². The molecule has 1 aliphatic rings. The van der Waals surface area contributed by atoms with Gasteiger partial charge in [-0.3, -0.25) is 14.0 Å².